The standard InChI is InChI=1S/C14H10F4N2O/c15-12-7-13(21)9(6-11(12)14(16,17)18)8-19-20-10-4-2-1-3-5-10/h1-8,20-21H. The molecular weight excluding hydrogens is 288 g/mol. The zero-order valence-electron chi connectivity index (χ0n) is 10.5. The number of phenols is 1. The van der Waals surface area contributed by atoms with Crippen LogP contribution in [0.1, 0.15) is 11.1 Å². The average molecular weight is 298 g/mol. The van der Waals surface area contributed by atoms with Crippen LogP contribution in [-0.2, 0) is 6.18 Å². The van der Waals surface area contributed by atoms with Gasteiger partial charge in [-0.2, -0.15) is 18.3 Å². The first-order chi connectivity index (χ1) is 9.88. The van der Waals surface area contributed by atoms with Gasteiger partial charge in [0.1, 0.15) is 11.6 Å². The molecule has 2 rings (SSSR count). The maximum atomic E-state index is 13.2. The van der Waals surface area contributed by atoms with Gasteiger partial charge in [-0.3, -0.25) is 5.43 Å². The number of aromatic hydroxyl groups is 1. The molecule has 0 bridgehead atoms. The second-order valence-corrected chi connectivity index (χ2v) is 4.12. The van der Waals surface area contributed by atoms with Crippen molar-refractivity contribution in [1.82, 2.24) is 0 Å². The largest absolute Gasteiger partial charge is 0.507 e. The molecule has 2 aromatic carbocycles. The summed E-state index contributed by atoms with van der Waals surface area (Å²) in [6, 6.07) is 9.58. The smallest absolute Gasteiger partial charge is 0.419 e. The molecule has 7 heteroatoms. The first-order valence-electron chi connectivity index (χ1n) is 5.82. The van der Waals surface area contributed by atoms with Crippen molar-refractivity contribution in [3.05, 3.63) is 59.4 Å². The highest BCUT2D eigenvalue weighted by Crippen LogP contribution is 2.34. The number of nitrogens with one attached hydrogen (secondary N) is 1. The highest BCUT2D eigenvalue weighted by molar-refractivity contribution is 5.84. The van der Waals surface area contributed by atoms with Gasteiger partial charge >= 0.3 is 6.18 Å². The van der Waals surface area contributed by atoms with Crippen LogP contribution < -0.4 is 5.43 Å². The number of hydrogen-bond donors (Lipinski definition) is 2. The molecular formula is C14H10F4N2O. The fourth-order valence-electron chi connectivity index (χ4n) is 1.59. The number of para-hydroxylation sites is 1. The van der Waals surface area contributed by atoms with Crippen LogP contribution in [0.5, 0.6) is 5.75 Å². The monoisotopic (exact) mass is 298 g/mol. The third-order valence-corrected chi connectivity index (χ3v) is 2.59. The molecule has 21 heavy (non-hydrogen) atoms. The number of nitrogens with zero attached hydrogens (tertiary/aromatic N) is 1. The van der Waals surface area contributed by atoms with E-state index in [1.54, 1.807) is 30.3 Å². The number of rotatable bonds is 3. The Bertz CT molecular complexity index is 654. The van der Waals surface area contributed by atoms with Gasteiger partial charge in [-0.25, -0.2) is 4.39 Å². The first kappa shape index (κ1) is 14.8. The summed E-state index contributed by atoms with van der Waals surface area (Å²) in [5.74, 6) is -2.16. The van der Waals surface area contributed by atoms with E-state index in [0.29, 0.717) is 17.8 Å². The van der Waals surface area contributed by atoms with E-state index in [1.165, 1.54) is 0 Å². The quantitative estimate of drug-likeness (QED) is 0.511. The van der Waals surface area contributed by atoms with Crippen LogP contribution in [0.25, 0.3) is 0 Å². The van der Waals surface area contributed by atoms with Crippen molar-refractivity contribution < 1.29 is 22.7 Å². The number of benzene rings is 2. The minimum atomic E-state index is -4.84. The maximum absolute atomic E-state index is 13.2. The van der Waals surface area contributed by atoms with Crippen LogP contribution >= 0.6 is 0 Å². The lowest BCUT2D eigenvalue weighted by molar-refractivity contribution is -0.140. The van der Waals surface area contributed by atoms with Gasteiger partial charge in [0, 0.05) is 11.6 Å². The van der Waals surface area contributed by atoms with E-state index in [0.717, 1.165) is 6.21 Å². The zero-order chi connectivity index (χ0) is 15.5. The molecule has 0 unspecified atom stereocenters. The molecule has 0 amide bonds. The van der Waals surface area contributed by atoms with Gasteiger partial charge < -0.3 is 5.11 Å². The fourth-order valence-corrected chi connectivity index (χ4v) is 1.59. The Balaban J connectivity index is 2.24. The molecule has 2 aromatic rings. The molecule has 0 saturated carbocycles. The Morgan fingerprint density at radius 1 is 1.10 bits per heavy atom. The molecule has 0 aromatic heterocycles. The van der Waals surface area contributed by atoms with Gasteiger partial charge in [0.2, 0.25) is 0 Å². The Kier molecular flexibility index (Phi) is 4.11. The summed E-state index contributed by atoms with van der Waals surface area (Å²) >= 11 is 0. The summed E-state index contributed by atoms with van der Waals surface area (Å²) in [6.07, 6.45) is -3.86. The third-order valence-electron chi connectivity index (χ3n) is 2.59. The lowest BCUT2D eigenvalue weighted by Gasteiger charge is -2.09. The predicted octanol–water partition coefficient (Wildman–Crippen LogP) is 4.00. The van der Waals surface area contributed by atoms with Crippen LogP contribution in [0.2, 0.25) is 0 Å². The molecule has 0 heterocycles. The van der Waals surface area contributed by atoms with Crippen LogP contribution in [0.15, 0.2) is 47.6 Å². The highest BCUT2D eigenvalue weighted by Gasteiger charge is 2.34. The van der Waals surface area contributed by atoms with E-state index >= 15 is 0 Å². The Morgan fingerprint density at radius 2 is 1.76 bits per heavy atom. The average Bonchev–Trinajstić information content (AvgIpc) is 2.41. The van der Waals surface area contributed by atoms with Gasteiger partial charge in [-0.15, -0.1) is 0 Å². The summed E-state index contributed by atoms with van der Waals surface area (Å²) in [4.78, 5) is 0. The Hall–Kier alpha value is -2.57. The van der Waals surface area contributed by atoms with Crippen molar-refractivity contribution in [3.8, 4) is 5.75 Å². The molecule has 0 aliphatic heterocycles. The molecule has 0 aliphatic rings. The minimum Gasteiger partial charge on any atom is -0.507 e. The van der Waals surface area contributed by atoms with Crippen molar-refractivity contribution in [3.63, 3.8) is 0 Å². The second-order valence-electron chi connectivity index (χ2n) is 4.12. The summed E-state index contributed by atoms with van der Waals surface area (Å²) in [5.41, 5.74) is 1.49. The van der Waals surface area contributed by atoms with Crippen molar-refractivity contribution in [2.24, 2.45) is 5.10 Å². The molecule has 0 radical (unpaired) electrons. The molecule has 0 saturated heterocycles. The van der Waals surface area contributed by atoms with Gasteiger partial charge in [-0.1, -0.05) is 18.2 Å². The molecule has 0 spiro atoms. The van der Waals surface area contributed by atoms with Crippen molar-refractivity contribution in [2.45, 2.75) is 6.18 Å². The Morgan fingerprint density at radius 3 is 2.38 bits per heavy atom. The number of hydrogen-bond acceptors (Lipinski definition) is 3. The summed E-state index contributed by atoms with van der Waals surface area (Å²) in [5, 5.41) is 13.2. The van der Waals surface area contributed by atoms with Gasteiger partial charge in [-0.05, 0) is 18.2 Å². The van der Waals surface area contributed by atoms with Crippen molar-refractivity contribution >= 4 is 11.9 Å². The number of anilines is 1. The first-order valence-corrected chi connectivity index (χ1v) is 5.82. The summed E-state index contributed by atoms with van der Waals surface area (Å²) in [7, 11) is 0. The van der Waals surface area contributed by atoms with E-state index in [2.05, 4.69) is 10.5 Å². The zero-order valence-corrected chi connectivity index (χ0v) is 10.5. The van der Waals surface area contributed by atoms with Crippen LogP contribution in [-0.4, -0.2) is 11.3 Å². The molecule has 0 atom stereocenters. The SMILES string of the molecule is Oc1cc(F)c(C(F)(F)F)cc1C=NNc1ccccc1. The fraction of sp³-hybridized carbons (Fsp3) is 0.0714. The predicted molar refractivity (Wildman–Crippen MR) is 70.7 cm³/mol. The van der Waals surface area contributed by atoms with Gasteiger partial charge in [0.05, 0.1) is 17.5 Å². The Labute approximate surface area is 117 Å². The highest BCUT2D eigenvalue weighted by atomic mass is 19.4. The molecule has 0 fully saturated rings. The molecule has 110 valence electrons. The maximum Gasteiger partial charge on any atom is 0.419 e. The van der Waals surface area contributed by atoms with E-state index in [1.807, 2.05) is 0 Å². The van der Waals surface area contributed by atoms with E-state index in [4.69, 9.17) is 0 Å². The lowest BCUT2D eigenvalue weighted by atomic mass is 10.1. The molecule has 0 aliphatic carbocycles. The number of alkyl halides is 3. The normalized spacial score (nSPS) is 11.8. The van der Waals surface area contributed by atoms with Gasteiger partial charge in [0.15, 0.2) is 0 Å². The number of phenolic OH excluding ortho intramolecular Hbond substituents is 1. The van der Waals surface area contributed by atoms with E-state index < -0.39 is 23.3 Å². The van der Waals surface area contributed by atoms with Gasteiger partial charge in [0.25, 0.3) is 0 Å². The third kappa shape index (κ3) is 3.71. The van der Waals surface area contributed by atoms with E-state index in [9.17, 15) is 22.7 Å². The lowest BCUT2D eigenvalue weighted by Crippen LogP contribution is -2.09. The van der Waals surface area contributed by atoms with Crippen molar-refractivity contribution in [1.29, 1.82) is 0 Å². The molecule has 2 N–H and O–H groups in total. The summed E-state index contributed by atoms with van der Waals surface area (Å²) in [6.45, 7) is 0. The van der Waals surface area contributed by atoms with Crippen LogP contribution in [0.3, 0.4) is 0 Å². The summed E-state index contributed by atoms with van der Waals surface area (Å²) < 4.78 is 50.9. The topological polar surface area (TPSA) is 44.6 Å². The van der Waals surface area contributed by atoms with Crippen molar-refractivity contribution in [2.75, 3.05) is 5.43 Å². The number of hydrazone groups is 1. The van der Waals surface area contributed by atoms with Crippen LogP contribution in [0.4, 0.5) is 23.2 Å². The number of halogens is 4. The second kappa shape index (κ2) is 5.82. The molecule has 3 nitrogen and oxygen atoms in total. The minimum absolute atomic E-state index is 0.243. The van der Waals surface area contributed by atoms with E-state index in [-0.39, 0.29) is 5.56 Å². The van der Waals surface area contributed by atoms with Crippen LogP contribution in [0, 0.1) is 5.82 Å².